The third kappa shape index (κ3) is 5.10. The second-order valence-electron chi connectivity index (χ2n) is 11.6. The molecule has 0 unspecified atom stereocenters. The molecule has 0 atom stereocenters. The predicted molar refractivity (Wildman–Crippen MR) is 203 cm³/mol. The van der Waals surface area contributed by atoms with Gasteiger partial charge >= 0.3 is 0 Å². The summed E-state index contributed by atoms with van der Waals surface area (Å²) in [6, 6.07) is 55.1. The van der Waals surface area contributed by atoms with Crippen LogP contribution in [0, 0.1) is 0 Å². The Morgan fingerprint density at radius 2 is 0.812 bits per heavy atom. The van der Waals surface area contributed by atoms with Gasteiger partial charge in [-0.2, -0.15) is 0 Å². The van der Waals surface area contributed by atoms with Crippen molar-refractivity contribution in [3.8, 4) is 66.9 Å². The van der Waals surface area contributed by atoms with Crippen molar-refractivity contribution in [2.24, 2.45) is 0 Å². The lowest BCUT2D eigenvalue weighted by Gasteiger charge is -2.12. The van der Waals surface area contributed by atoms with Crippen molar-refractivity contribution in [1.29, 1.82) is 0 Å². The quantitative estimate of drug-likeness (QED) is 0.180. The highest BCUT2D eigenvalue weighted by Gasteiger charge is 2.21. The number of nitrogens with zero attached hydrogens (tertiary/aromatic N) is 3. The third-order valence-corrected chi connectivity index (χ3v) is 10.8. The van der Waals surface area contributed by atoms with E-state index in [1.807, 2.05) is 83.3 Å². The summed E-state index contributed by atoms with van der Waals surface area (Å²) in [5.74, 6) is 1.97. The summed E-state index contributed by atoms with van der Waals surface area (Å²) in [7, 11) is 0. The summed E-state index contributed by atoms with van der Waals surface area (Å²) in [6.45, 7) is 0. The lowest BCUT2D eigenvalue weighted by molar-refractivity contribution is 1.07. The van der Waals surface area contributed by atoms with Crippen molar-refractivity contribution in [3.05, 3.63) is 163 Å². The van der Waals surface area contributed by atoms with E-state index in [0.717, 1.165) is 22.3 Å². The van der Waals surface area contributed by atoms with E-state index < -0.39 is 0 Å². The van der Waals surface area contributed by atoms with Gasteiger partial charge in [0.05, 0.1) is 0 Å². The summed E-state index contributed by atoms with van der Waals surface area (Å²) in [6.07, 6.45) is 0. The maximum Gasteiger partial charge on any atom is 0.164 e. The van der Waals surface area contributed by atoms with E-state index in [1.165, 1.54) is 47.3 Å². The van der Waals surface area contributed by atoms with Crippen molar-refractivity contribution < 1.29 is 0 Å². The third-order valence-electron chi connectivity index (χ3n) is 8.62. The molecule has 6 aromatic carbocycles. The molecule has 3 aromatic heterocycles. The maximum atomic E-state index is 5.00. The van der Waals surface area contributed by atoms with Crippen LogP contribution in [-0.2, 0) is 0 Å². The van der Waals surface area contributed by atoms with Crippen molar-refractivity contribution in [1.82, 2.24) is 15.0 Å². The van der Waals surface area contributed by atoms with Crippen molar-refractivity contribution in [3.63, 3.8) is 0 Å². The summed E-state index contributed by atoms with van der Waals surface area (Å²) < 4.78 is 2.61. The van der Waals surface area contributed by atoms with E-state index in [4.69, 9.17) is 15.0 Å². The van der Waals surface area contributed by atoms with E-state index in [-0.39, 0.29) is 0 Å². The highest BCUT2D eigenvalue weighted by molar-refractivity contribution is 7.23. The number of aromatic nitrogens is 3. The Morgan fingerprint density at radius 1 is 0.354 bits per heavy atom. The molecule has 48 heavy (non-hydrogen) atoms. The molecule has 9 rings (SSSR count). The fourth-order valence-corrected chi connectivity index (χ4v) is 8.61. The van der Waals surface area contributed by atoms with Crippen LogP contribution in [0.1, 0.15) is 0 Å². The zero-order valence-corrected chi connectivity index (χ0v) is 27.4. The van der Waals surface area contributed by atoms with Crippen LogP contribution in [0.15, 0.2) is 163 Å². The standard InChI is InChI=1S/C43H27N3S2/c1-5-14-28(15-6-1)37-34-24-25-47-39(34)38(29-16-7-2-8-17-29)35-27-36(48-40(35)37)32-22-13-23-33(26-32)43-45-41(30-18-9-3-10-19-30)44-42(46-43)31-20-11-4-12-21-31/h1-27H. The van der Waals surface area contributed by atoms with Gasteiger partial charge < -0.3 is 0 Å². The Balaban J connectivity index is 1.25. The molecule has 0 saturated heterocycles. The highest BCUT2D eigenvalue weighted by Crippen LogP contribution is 2.50. The van der Waals surface area contributed by atoms with Crippen molar-refractivity contribution in [2.75, 3.05) is 0 Å². The normalized spacial score (nSPS) is 11.3. The van der Waals surface area contributed by atoms with E-state index in [9.17, 15) is 0 Å². The van der Waals surface area contributed by atoms with Gasteiger partial charge in [-0.05, 0) is 40.3 Å². The van der Waals surface area contributed by atoms with E-state index in [2.05, 4.69) is 102 Å². The summed E-state index contributed by atoms with van der Waals surface area (Å²) in [5, 5.41) is 4.80. The van der Waals surface area contributed by atoms with Gasteiger partial charge in [-0.3, -0.25) is 0 Å². The molecule has 9 aromatic rings. The van der Waals surface area contributed by atoms with Crippen LogP contribution >= 0.6 is 22.7 Å². The van der Waals surface area contributed by atoms with Gasteiger partial charge in [-0.1, -0.05) is 140 Å². The molecule has 0 radical (unpaired) electrons. The van der Waals surface area contributed by atoms with Gasteiger partial charge in [0.2, 0.25) is 0 Å². The number of fused-ring (bicyclic) bond motifs is 2. The van der Waals surface area contributed by atoms with Gasteiger partial charge in [0.1, 0.15) is 0 Å². The molecule has 0 aliphatic carbocycles. The number of hydrogen-bond acceptors (Lipinski definition) is 5. The first-order valence-corrected chi connectivity index (χ1v) is 17.5. The Hall–Kier alpha value is -5.75. The van der Waals surface area contributed by atoms with Gasteiger partial charge in [0.15, 0.2) is 17.5 Å². The van der Waals surface area contributed by atoms with Gasteiger partial charge in [0.25, 0.3) is 0 Å². The molecule has 0 amide bonds. The van der Waals surface area contributed by atoms with Crippen LogP contribution < -0.4 is 0 Å². The second-order valence-corrected chi connectivity index (χ2v) is 13.6. The zero-order chi connectivity index (χ0) is 31.9. The van der Waals surface area contributed by atoms with Crippen molar-refractivity contribution >= 4 is 42.8 Å². The Kier molecular flexibility index (Phi) is 7.19. The van der Waals surface area contributed by atoms with E-state index >= 15 is 0 Å². The molecule has 0 saturated carbocycles. The first-order valence-electron chi connectivity index (χ1n) is 15.9. The maximum absolute atomic E-state index is 5.00. The molecule has 5 heteroatoms. The number of rotatable bonds is 6. The smallest absolute Gasteiger partial charge is 0.164 e. The molecule has 0 bridgehead atoms. The largest absolute Gasteiger partial charge is 0.208 e. The molecule has 3 nitrogen and oxygen atoms in total. The Morgan fingerprint density at radius 3 is 1.38 bits per heavy atom. The molecule has 0 N–H and O–H groups in total. The summed E-state index contributed by atoms with van der Waals surface area (Å²) in [5.41, 5.74) is 9.08. The minimum atomic E-state index is 0.654. The van der Waals surface area contributed by atoms with Gasteiger partial charge in [-0.25, -0.2) is 15.0 Å². The topological polar surface area (TPSA) is 38.7 Å². The molecular weight excluding hydrogens is 623 g/mol. The highest BCUT2D eigenvalue weighted by atomic mass is 32.1. The van der Waals surface area contributed by atoms with Gasteiger partial charge in [-0.15, -0.1) is 22.7 Å². The van der Waals surface area contributed by atoms with Crippen LogP contribution in [0.4, 0.5) is 0 Å². The number of benzene rings is 6. The first-order chi connectivity index (χ1) is 23.8. The van der Waals surface area contributed by atoms with E-state index in [1.54, 1.807) is 0 Å². The minimum absolute atomic E-state index is 0.654. The molecule has 3 heterocycles. The molecule has 0 aliphatic heterocycles. The van der Waals surface area contributed by atoms with Crippen LogP contribution in [0.3, 0.4) is 0 Å². The van der Waals surface area contributed by atoms with Crippen LogP contribution in [0.2, 0.25) is 0 Å². The van der Waals surface area contributed by atoms with E-state index in [0.29, 0.717) is 17.5 Å². The average molecular weight is 650 g/mol. The monoisotopic (exact) mass is 649 g/mol. The predicted octanol–water partition coefficient (Wildman–Crippen LogP) is 12.3. The zero-order valence-electron chi connectivity index (χ0n) is 25.7. The lowest BCUT2D eigenvalue weighted by Crippen LogP contribution is -2.00. The van der Waals surface area contributed by atoms with Crippen LogP contribution in [0.5, 0.6) is 0 Å². The molecule has 0 aliphatic rings. The Labute approximate surface area is 286 Å². The summed E-state index contributed by atoms with van der Waals surface area (Å²) in [4.78, 5) is 16.1. The van der Waals surface area contributed by atoms with Crippen LogP contribution in [-0.4, -0.2) is 15.0 Å². The number of hydrogen-bond donors (Lipinski definition) is 0. The van der Waals surface area contributed by atoms with Crippen molar-refractivity contribution in [2.45, 2.75) is 0 Å². The molecular formula is C43H27N3S2. The summed E-state index contributed by atoms with van der Waals surface area (Å²) >= 11 is 3.67. The minimum Gasteiger partial charge on any atom is -0.208 e. The average Bonchev–Trinajstić information content (AvgIpc) is 3.83. The van der Waals surface area contributed by atoms with Crippen LogP contribution in [0.25, 0.3) is 87.0 Å². The molecule has 0 spiro atoms. The fourth-order valence-electron chi connectivity index (χ4n) is 6.38. The molecule has 226 valence electrons. The first kappa shape index (κ1) is 28.5. The SMILES string of the molecule is c1ccc(-c2nc(-c3ccccc3)nc(-c3cccc(-c4cc5c(-c6ccccc6)c6sccc6c(-c6ccccc6)c5s4)c3)n2)cc1. The fraction of sp³-hybridized carbons (Fsp3) is 0. The lowest BCUT2D eigenvalue weighted by atomic mass is 9.93. The molecule has 0 fully saturated rings. The second kappa shape index (κ2) is 12.1. The number of thiophene rings is 2. The Bertz CT molecular complexity index is 2390. The van der Waals surface area contributed by atoms with Gasteiger partial charge in [0, 0.05) is 52.9 Å².